The third kappa shape index (κ3) is 5.74. The molecule has 0 saturated carbocycles. The van der Waals surface area contributed by atoms with Crippen LogP contribution in [-0.2, 0) is 9.53 Å². The number of hydrogen-bond donors (Lipinski definition) is 2. The number of ether oxygens (including phenoxy) is 2. The van der Waals surface area contributed by atoms with Gasteiger partial charge in [-0.1, -0.05) is 0 Å². The van der Waals surface area contributed by atoms with Crippen LogP contribution in [0.2, 0.25) is 0 Å². The second-order valence-electron chi connectivity index (χ2n) is 6.75. The lowest BCUT2D eigenvalue weighted by molar-refractivity contribution is -0.140. The van der Waals surface area contributed by atoms with Crippen molar-refractivity contribution in [2.24, 2.45) is 0 Å². The van der Waals surface area contributed by atoms with E-state index < -0.39 is 17.9 Å². The maximum absolute atomic E-state index is 12.5. The molecule has 0 aliphatic heterocycles. The monoisotopic (exact) mass is 377 g/mol. The minimum atomic E-state index is -1.13. The van der Waals surface area contributed by atoms with Gasteiger partial charge in [-0.15, -0.1) is 5.10 Å². The molecule has 0 aliphatic carbocycles. The maximum atomic E-state index is 12.5. The molecule has 1 heterocycles. The Morgan fingerprint density at radius 1 is 1.33 bits per heavy atom. The van der Waals surface area contributed by atoms with Gasteiger partial charge in [0.05, 0.1) is 12.7 Å². The molecular formula is C17H23N5O5. The first kappa shape index (κ1) is 20.3. The maximum Gasteiger partial charge on any atom is 0.326 e. The van der Waals surface area contributed by atoms with Gasteiger partial charge in [-0.2, -0.15) is 4.68 Å². The zero-order chi connectivity index (χ0) is 20.0. The van der Waals surface area contributed by atoms with E-state index in [2.05, 4.69) is 20.8 Å². The molecule has 10 heteroatoms. The van der Waals surface area contributed by atoms with E-state index in [9.17, 15) is 14.7 Å². The van der Waals surface area contributed by atoms with E-state index in [-0.39, 0.29) is 24.2 Å². The van der Waals surface area contributed by atoms with Gasteiger partial charge in [0.1, 0.15) is 23.8 Å². The number of tetrazole rings is 1. The van der Waals surface area contributed by atoms with Crippen molar-refractivity contribution in [3.8, 4) is 11.4 Å². The zero-order valence-electron chi connectivity index (χ0n) is 15.7. The Bertz CT molecular complexity index is 786. The van der Waals surface area contributed by atoms with Crippen molar-refractivity contribution >= 4 is 11.9 Å². The normalized spacial score (nSPS) is 12.4. The Morgan fingerprint density at radius 2 is 2.07 bits per heavy atom. The number of nitrogens with one attached hydrogen (secondary N) is 1. The Kier molecular flexibility index (Phi) is 6.45. The van der Waals surface area contributed by atoms with Crippen molar-refractivity contribution in [1.82, 2.24) is 25.5 Å². The Labute approximate surface area is 156 Å². The van der Waals surface area contributed by atoms with Crippen molar-refractivity contribution < 1.29 is 24.2 Å². The summed E-state index contributed by atoms with van der Waals surface area (Å²) in [5, 5.41) is 22.8. The SMILES string of the molecule is COc1ccc(C(=O)NC(CCOC(C)(C)C)C(=O)O)cc1-n1cnnn1. The van der Waals surface area contributed by atoms with E-state index >= 15 is 0 Å². The second kappa shape index (κ2) is 8.58. The summed E-state index contributed by atoms with van der Waals surface area (Å²) < 4.78 is 12.1. The molecule has 27 heavy (non-hydrogen) atoms. The highest BCUT2D eigenvalue weighted by molar-refractivity contribution is 5.97. The van der Waals surface area contributed by atoms with E-state index in [1.54, 1.807) is 6.07 Å². The standard InChI is InChI=1S/C17H23N5O5/c1-17(2,3)27-8-7-12(16(24)25)19-15(23)11-5-6-14(26-4)13(9-11)22-10-18-20-21-22/h5-6,9-10,12H,7-8H2,1-4H3,(H,19,23)(H,24,25). The fourth-order valence-corrected chi connectivity index (χ4v) is 2.26. The number of benzene rings is 1. The molecule has 0 spiro atoms. The van der Waals surface area contributed by atoms with E-state index in [0.717, 1.165) is 0 Å². The molecule has 2 N–H and O–H groups in total. The van der Waals surface area contributed by atoms with Gasteiger partial charge in [-0.05, 0) is 49.4 Å². The lowest BCUT2D eigenvalue weighted by atomic mass is 10.1. The van der Waals surface area contributed by atoms with E-state index in [4.69, 9.17) is 9.47 Å². The number of aliphatic carboxylic acids is 1. The summed E-state index contributed by atoms with van der Waals surface area (Å²) >= 11 is 0. The molecular weight excluding hydrogens is 354 g/mol. The minimum absolute atomic E-state index is 0.147. The van der Waals surface area contributed by atoms with Crippen LogP contribution in [0.1, 0.15) is 37.6 Å². The first-order valence-electron chi connectivity index (χ1n) is 8.30. The summed E-state index contributed by atoms with van der Waals surface area (Å²) in [7, 11) is 1.48. The van der Waals surface area contributed by atoms with Crippen LogP contribution >= 0.6 is 0 Å². The van der Waals surface area contributed by atoms with Crippen LogP contribution in [0.4, 0.5) is 0 Å². The highest BCUT2D eigenvalue weighted by atomic mass is 16.5. The molecule has 2 aromatic rings. The number of carbonyl (C=O) groups is 2. The number of carbonyl (C=O) groups excluding carboxylic acids is 1. The summed E-state index contributed by atoms with van der Waals surface area (Å²) in [5.74, 6) is -1.20. The molecule has 1 amide bonds. The Hall–Kier alpha value is -3.01. The van der Waals surface area contributed by atoms with Crippen LogP contribution in [-0.4, -0.2) is 62.5 Å². The van der Waals surface area contributed by atoms with E-state index in [1.165, 1.54) is 30.3 Å². The van der Waals surface area contributed by atoms with Crippen molar-refractivity contribution in [2.75, 3.05) is 13.7 Å². The molecule has 10 nitrogen and oxygen atoms in total. The third-order valence-corrected chi connectivity index (χ3v) is 3.58. The van der Waals surface area contributed by atoms with Gasteiger partial charge in [-0.25, -0.2) is 4.79 Å². The summed E-state index contributed by atoms with van der Waals surface area (Å²) in [4.78, 5) is 24.0. The number of amides is 1. The lowest BCUT2D eigenvalue weighted by Gasteiger charge is -2.21. The van der Waals surface area contributed by atoms with Crippen LogP contribution < -0.4 is 10.1 Å². The summed E-state index contributed by atoms with van der Waals surface area (Å²) in [6.45, 7) is 5.83. The van der Waals surface area contributed by atoms with Gasteiger partial charge >= 0.3 is 5.97 Å². The van der Waals surface area contributed by atoms with Crippen molar-refractivity contribution in [3.63, 3.8) is 0 Å². The zero-order valence-corrected chi connectivity index (χ0v) is 15.7. The Morgan fingerprint density at radius 3 is 2.63 bits per heavy atom. The first-order valence-corrected chi connectivity index (χ1v) is 8.30. The second-order valence-corrected chi connectivity index (χ2v) is 6.75. The number of aromatic nitrogens is 4. The van der Waals surface area contributed by atoms with Gasteiger partial charge in [0.2, 0.25) is 0 Å². The molecule has 0 radical (unpaired) electrons. The van der Waals surface area contributed by atoms with Gasteiger partial charge < -0.3 is 19.9 Å². The van der Waals surface area contributed by atoms with Crippen LogP contribution in [0.5, 0.6) is 5.75 Å². The third-order valence-electron chi connectivity index (χ3n) is 3.58. The number of carboxylic acids is 1. The van der Waals surface area contributed by atoms with Crippen molar-refractivity contribution in [3.05, 3.63) is 30.1 Å². The lowest BCUT2D eigenvalue weighted by Crippen LogP contribution is -2.42. The van der Waals surface area contributed by atoms with Crippen LogP contribution in [0, 0.1) is 0 Å². The molecule has 0 bridgehead atoms. The number of hydrogen-bond acceptors (Lipinski definition) is 7. The van der Waals surface area contributed by atoms with Gasteiger partial charge in [0.25, 0.3) is 5.91 Å². The minimum Gasteiger partial charge on any atom is -0.494 e. The molecule has 0 fully saturated rings. The highest BCUT2D eigenvalue weighted by Gasteiger charge is 2.22. The largest absolute Gasteiger partial charge is 0.494 e. The van der Waals surface area contributed by atoms with Crippen LogP contribution in [0.25, 0.3) is 5.69 Å². The molecule has 0 saturated heterocycles. The quantitative estimate of drug-likeness (QED) is 0.699. The van der Waals surface area contributed by atoms with E-state index in [0.29, 0.717) is 11.4 Å². The van der Waals surface area contributed by atoms with Gasteiger partial charge in [0, 0.05) is 18.6 Å². The molecule has 1 atom stereocenters. The molecule has 1 unspecified atom stereocenters. The topological polar surface area (TPSA) is 128 Å². The summed E-state index contributed by atoms with van der Waals surface area (Å²) in [6.07, 6.45) is 1.51. The predicted octanol–water partition coefficient (Wildman–Crippen LogP) is 1.06. The number of nitrogens with zero attached hydrogens (tertiary/aromatic N) is 4. The van der Waals surface area contributed by atoms with Gasteiger partial charge in [0.15, 0.2) is 0 Å². The predicted molar refractivity (Wildman–Crippen MR) is 94.9 cm³/mol. The molecule has 0 aliphatic rings. The van der Waals surface area contributed by atoms with Crippen molar-refractivity contribution in [1.29, 1.82) is 0 Å². The number of carboxylic acid groups (broad SMARTS) is 1. The molecule has 1 aromatic carbocycles. The van der Waals surface area contributed by atoms with Crippen LogP contribution in [0.3, 0.4) is 0 Å². The average molecular weight is 377 g/mol. The molecule has 1 aromatic heterocycles. The van der Waals surface area contributed by atoms with Gasteiger partial charge in [-0.3, -0.25) is 4.79 Å². The summed E-state index contributed by atoms with van der Waals surface area (Å²) in [5.41, 5.74) is 0.325. The van der Waals surface area contributed by atoms with Crippen LogP contribution in [0.15, 0.2) is 24.5 Å². The summed E-state index contributed by atoms with van der Waals surface area (Å²) in [6, 6.07) is 3.57. The number of methoxy groups -OCH3 is 1. The molecule has 2 rings (SSSR count). The fourth-order valence-electron chi connectivity index (χ4n) is 2.26. The average Bonchev–Trinajstić information content (AvgIpc) is 3.13. The Balaban J connectivity index is 2.13. The highest BCUT2D eigenvalue weighted by Crippen LogP contribution is 2.23. The van der Waals surface area contributed by atoms with E-state index in [1.807, 2.05) is 20.8 Å². The molecule has 146 valence electrons. The number of rotatable bonds is 8. The first-order chi connectivity index (χ1) is 12.7. The smallest absolute Gasteiger partial charge is 0.326 e. The fraction of sp³-hybridized carbons (Fsp3) is 0.471. The van der Waals surface area contributed by atoms with Crippen molar-refractivity contribution in [2.45, 2.75) is 38.8 Å².